The summed E-state index contributed by atoms with van der Waals surface area (Å²) in [6, 6.07) is 7.11. The summed E-state index contributed by atoms with van der Waals surface area (Å²) in [6.07, 6.45) is -1.42. The van der Waals surface area contributed by atoms with Crippen LogP contribution in [0.25, 0.3) is 5.69 Å². The summed E-state index contributed by atoms with van der Waals surface area (Å²) in [6.45, 7) is 2.16. The number of carbonyl (C=O) groups is 1. The smallest absolute Gasteiger partial charge is 0.338 e. The van der Waals surface area contributed by atoms with Gasteiger partial charge in [0.25, 0.3) is 5.91 Å². The molecule has 148 valence electrons. The van der Waals surface area contributed by atoms with Crippen LogP contribution in [0.2, 0.25) is 0 Å². The first kappa shape index (κ1) is 21.2. The molecule has 2 aromatic rings. The highest BCUT2D eigenvalue weighted by Crippen LogP contribution is 2.30. The number of benzene rings is 1. The summed E-state index contributed by atoms with van der Waals surface area (Å²) in [5, 5.41) is 6.89. The Hall–Kier alpha value is -2.06. The van der Waals surface area contributed by atoms with E-state index in [2.05, 4.69) is 10.4 Å². The number of nitrogens with one attached hydrogen (secondary N) is 1. The van der Waals surface area contributed by atoms with Crippen molar-refractivity contribution in [3.63, 3.8) is 0 Å². The van der Waals surface area contributed by atoms with Gasteiger partial charge in [-0.2, -0.15) is 18.3 Å². The lowest BCUT2D eigenvalue weighted by molar-refractivity contribution is -0.142. The van der Waals surface area contributed by atoms with Crippen LogP contribution in [0.1, 0.15) is 28.9 Å². The van der Waals surface area contributed by atoms with Crippen LogP contribution in [-0.2, 0) is 6.18 Å². The van der Waals surface area contributed by atoms with Gasteiger partial charge < -0.3 is 10.2 Å². The molecular weight excluding hydrogens is 381 g/mol. The number of carbonyl (C=O) groups excluding carboxylic acids is 1. The lowest BCUT2D eigenvalue weighted by atomic mass is 9.97. The van der Waals surface area contributed by atoms with E-state index in [9.17, 15) is 18.0 Å². The first-order valence-corrected chi connectivity index (χ1v) is 8.55. The molecule has 0 aliphatic carbocycles. The summed E-state index contributed by atoms with van der Waals surface area (Å²) < 4.78 is 40.1. The second-order valence-corrected chi connectivity index (χ2v) is 6.49. The molecule has 1 aliphatic heterocycles. The SMILES string of the molecule is CNCC1CCCN(C(=O)c2cccc(-n3nccc3C(F)(F)F)c2)C1.Cl. The Labute approximate surface area is 161 Å². The molecule has 1 unspecified atom stereocenters. The Morgan fingerprint density at radius 3 is 2.81 bits per heavy atom. The zero-order valence-corrected chi connectivity index (χ0v) is 15.7. The van der Waals surface area contributed by atoms with Gasteiger partial charge in [0.15, 0.2) is 0 Å². The number of hydrogen-bond acceptors (Lipinski definition) is 3. The molecule has 27 heavy (non-hydrogen) atoms. The molecule has 1 amide bonds. The van der Waals surface area contributed by atoms with Crippen LogP contribution in [0.3, 0.4) is 0 Å². The van der Waals surface area contributed by atoms with Crippen molar-refractivity contribution < 1.29 is 18.0 Å². The third-order valence-corrected chi connectivity index (χ3v) is 4.57. The van der Waals surface area contributed by atoms with E-state index in [1.54, 1.807) is 17.0 Å². The van der Waals surface area contributed by atoms with E-state index in [4.69, 9.17) is 0 Å². The van der Waals surface area contributed by atoms with Crippen molar-refractivity contribution in [3.05, 3.63) is 47.8 Å². The third kappa shape index (κ3) is 4.81. The standard InChI is InChI=1S/C18H21F3N4O.ClH/c1-22-11-13-4-3-9-24(12-13)17(26)14-5-2-6-15(10-14)25-16(7-8-23-25)18(19,20)21;/h2,5-8,10,13,22H,3-4,9,11-12H2,1H3;1H. The molecule has 1 atom stereocenters. The molecule has 5 nitrogen and oxygen atoms in total. The van der Waals surface area contributed by atoms with Crippen LogP contribution in [0.4, 0.5) is 13.2 Å². The average Bonchev–Trinajstić information content (AvgIpc) is 3.12. The van der Waals surface area contributed by atoms with Crippen molar-refractivity contribution in [2.45, 2.75) is 19.0 Å². The highest BCUT2D eigenvalue weighted by atomic mass is 35.5. The first-order valence-electron chi connectivity index (χ1n) is 8.55. The number of rotatable bonds is 4. The van der Waals surface area contributed by atoms with E-state index in [1.165, 1.54) is 12.1 Å². The predicted octanol–water partition coefficient (Wildman–Crippen LogP) is 3.38. The lowest BCUT2D eigenvalue weighted by Crippen LogP contribution is -2.42. The molecule has 1 N–H and O–H groups in total. The maximum Gasteiger partial charge on any atom is 0.433 e. The first-order chi connectivity index (χ1) is 12.4. The topological polar surface area (TPSA) is 50.2 Å². The number of amides is 1. The Morgan fingerprint density at radius 1 is 1.33 bits per heavy atom. The molecule has 0 bridgehead atoms. The highest BCUT2D eigenvalue weighted by Gasteiger charge is 2.35. The second kappa shape index (κ2) is 8.75. The van der Waals surface area contributed by atoms with Crippen LogP contribution in [0.15, 0.2) is 36.5 Å². The molecule has 9 heteroatoms. The van der Waals surface area contributed by atoms with Crippen LogP contribution in [-0.4, -0.2) is 47.3 Å². The number of alkyl halides is 3. The fraction of sp³-hybridized carbons (Fsp3) is 0.444. The Kier molecular flexibility index (Phi) is 6.89. The number of piperidine rings is 1. The Balaban J connectivity index is 0.00000261. The molecular formula is C18H22ClF3N4O. The van der Waals surface area contributed by atoms with Crippen molar-refractivity contribution in [3.8, 4) is 5.69 Å². The fourth-order valence-electron chi connectivity index (χ4n) is 3.38. The summed E-state index contributed by atoms with van der Waals surface area (Å²) >= 11 is 0. The highest BCUT2D eigenvalue weighted by molar-refractivity contribution is 5.94. The van der Waals surface area contributed by atoms with Crippen LogP contribution in [0.5, 0.6) is 0 Å². The zero-order chi connectivity index (χ0) is 18.7. The molecule has 1 aromatic carbocycles. The van der Waals surface area contributed by atoms with Crippen molar-refractivity contribution in [1.82, 2.24) is 20.0 Å². The van der Waals surface area contributed by atoms with E-state index >= 15 is 0 Å². The summed E-state index contributed by atoms with van der Waals surface area (Å²) in [4.78, 5) is 14.6. The van der Waals surface area contributed by atoms with E-state index in [-0.39, 0.29) is 24.0 Å². The van der Waals surface area contributed by atoms with E-state index < -0.39 is 11.9 Å². The third-order valence-electron chi connectivity index (χ3n) is 4.57. The maximum absolute atomic E-state index is 13.1. The van der Waals surface area contributed by atoms with Gasteiger partial charge >= 0.3 is 6.18 Å². The monoisotopic (exact) mass is 402 g/mol. The molecule has 1 aliphatic rings. The lowest BCUT2D eigenvalue weighted by Gasteiger charge is -2.32. The molecule has 3 rings (SSSR count). The minimum Gasteiger partial charge on any atom is -0.338 e. The van der Waals surface area contributed by atoms with Gasteiger partial charge in [0.1, 0.15) is 5.69 Å². The maximum atomic E-state index is 13.1. The summed E-state index contributed by atoms with van der Waals surface area (Å²) in [7, 11) is 1.88. The fourth-order valence-corrected chi connectivity index (χ4v) is 3.38. The largest absolute Gasteiger partial charge is 0.433 e. The average molecular weight is 403 g/mol. The van der Waals surface area contributed by atoms with Gasteiger partial charge in [0, 0.05) is 18.7 Å². The van der Waals surface area contributed by atoms with Gasteiger partial charge in [-0.1, -0.05) is 6.07 Å². The predicted molar refractivity (Wildman–Crippen MR) is 98.4 cm³/mol. The van der Waals surface area contributed by atoms with E-state index in [0.29, 0.717) is 24.6 Å². The molecule has 0 saturated carbocycles. The Bertz CT molecular complexity index is 776. The number of halogens is 4. The quantitative estimate of drug-likeness (QED) is 0.853. The summed E-state index contributed by atoms with van der Waals surface area (Å²) in [5.74, 6) is 0.234. The number of likely N-dealkylation sites (tertiary alicyclic amines) is 1. The van der Waals surface area contributed by atoms with E-state index in [0.717, 1.165) is 36.3 Å². The molecule has 1 fully saturated rings. The summed E-state index contributed by atoms with van der Waals surface area (Å²) in [5.41, 5.74) is -0.276. The minimum absolute atomic E-state index is 0. The van der Waals surface area contributed by atoms with Gasteiger partial charge in [0.05, 0.1) is 11.9 Å². The van der Waals surface area contributed by atoms with Crippen LogP contribution >= 0.6 is 12.4 Å². The second-order valence-electron chi connectivity index (χ2n) is 6.49. The van der Waals surface area contributed by atoms with Gasteiger partial charge in [-0.25, -0.2) is 4.68 Å². The minimum atomic E-state index is -4.51. The molecule has 1 aromatic heterocycles. The molecule has 2 heterocycles. The van der Waals surface area contributed by atoms with Crippen molar-refractivity contribution in [2.75, 3.05) is 26.7 Å². The normalized spacial score (nSPS) is 17.5. The van der Waals surface area contributed by atoms with Crippen molar-refractivity contribution in [1.29, 1.82) is 0 Å². The van der Waals surface area contributed by atoms with E-state index in [1.807, 2.05) is 7.05 Å². The van der Waals surface area contributed by atoms with Gasteiger partial charge in [-0.3, -0.25) is 4.79 Å². The van der Waals surface area contributed by atoms with Crippen molar-refractivity contribution >= 4 is 18.3 Å². The number of nitrogens with zero attached hydrogens (tertiary/aromatic N) is 3. The van der Waals surface area contributed by atoms with Crippen LogP contribution < -0.4 is 5.32 Å². The van der Waals surface area contributed by atoms with Gasteiger partial charge in [0.2, 0.25) is 0 Å². The zero-order valence-electron chi connectivity index (χ0n) is 14.9. The van der Waals surface area contributed by atoms with Gasteiger partial charge in [-0.15, -0.1) is 12.4 Å². The van der Waals surface area contributed by atoms with Crippen LogP contribution in [0, 0.1) is 5.92 Å². The number of hydrogen-bond donors (Lipinski definition) is 1. The molecule has 1 saturated heterocycles. The molecule has 0 spiro atoms. The van der Waals surface area contributed by atoms with Gasteiger partial charge in [-0.05, 0) is 56.6 Å². The Morgan fingerprint density at radius 2 is 2.11 bits per heavy atom. The molecule has 0 radical (unpaired) electrons. The van der Waals surface area contributed by atoms with Crippen molar-refractivity contribution in [2.24, 2.45) is 5.92 Å². The number of aromatic nitrogens is 2.